The van der Waals surface area contributed by atoms with Crippen LogP contribution in [-0.4, -0.2) is 51.3 Å². The molecule has 0 saturated carbocycles. The van der Waals surface area contributed by atoms with Gasteiger partial charge in [-0.2, -0.15) is 5.10 Å². The summed E-state index contributed by atoms with van der Waals surface area (Å²) in [7, 11) is 0. The molecule has 0 aliphatic carbocycles. The molecule has 2 aromatic carbocycles. The van der Waals surface area contributed by atoms with E-state index in [1.807, 2.05) is 56.0 Å². The predicted octanol–water partition coefficient (Wildman–Crippen LogP) is 3.85. The molecule has 1 saturated heterocycles. The molecule has 0 spiro atoms. The highest BCUT2D eigenvalue weighted by Crippen LogP contribution is 2.25. The van der Waals surface area contributed by atoms with E-state index in [1.54, 1.807) is 32.3 Å². The zero-order chi connectivity index (χ0) is 25.4. The van der Waals surface area contributed by atoms with Crippen LogP contribution in [0.25, 0.3) is 16.7 Å². The van der Waals surface area contributed by atoms with Crippen molar-refractivity contribution >= 4 is 22.6 Å². The standard InChI is InChI=1S/C28H30FN5O2/c1-4-21-17-25(35)33(28-27(21)20(3)30-34(28)22-11-9-19(2)10-12-22)18-26(36)32-15-13-31(14-16-32)24-8-6-5-7-23(24)29/h5-12,17H,4,13-16,18H2,1-3H3. The molecule has 4 aromatic rings. The number of amides is 1. The third-order valence-electron chi connectivity index (χ3n) is 6.95. The maximum Gasteiger partial charge on any atom is 0.252 e. The molecule has 0 atom stereocenters. The Kier molecular flexibility index (Phi) is 6.35. The maximum atomic E-state index is 14.2. The van der Waals surface area contributed by atoms with E-state index in [0.29, 0.717) is 43.9 Å². The third kappa shape index (κ3) is 4.27. The third-order valence-corrected chi connectivity index (χ3v) is 6.95. The highest BCUT2D eigenvalue weighted by molar-refractivity contribution is 5.86. The molecule has 36 heavy (non-hydrogen) atoms. The lowest BCUT2D eigenvalue weighted by Crippen LogP contribution is -2.50. The lowest BCUT2D eigenvalue weighted by Gasteiger charge is -2.36. The zero-order valence-electron chi connectivity index (χ0n) is 20.9. The lowest BCUT2D eigenvalue weighted by atomic mass is 10.1. The fraction of sp³-hybridized carbons (Fsp3) is 0.321. The average molecular weight is 488 g/mol. The van der Waals surface area contributed by atoms with Gasteiger partial charge >= 0.3 is 0 Å². The molecule has 7 nitrogen and oxygen atoms in total. The average Bonchev–Trinajstić information content (AvgIpc) is 3.23. The highest BCUT2D eigenvalue weighted by atomic mass is 19.1. The summed E-state index contributed by atoms with van der Waals surface area (Å²) in [6.07, 6.45) is 0.693. The fourth-order valence-electron chi connectivity index (χ4n) is 4.98. The van der Waals surface area contributed by atoms with E-state index in [9.17, 15) is 14.0 Å². The number of carbonyl (C=O) groups is 1. The van der Waals surface area contributed by atoms with E-state index in [-0.39, 0.29) is 23.8 Å². The molecule has 186 valence electrons. The van der Waals surface area contributed by atoms with Gasteiger partial charge in [-0.3, -0.25) is 14.2 Å². The Balaban J connectivity index is 1.46. The maximum absolute atomic E-state index is 14.2. The molecule has 0 N–H and O–H groups in total. The van der Waals surface area contributed by atoms with Gasteiger partial charge in [0.15, 0.2) is 0 Å². The molecule has 1 fully saturated rings. The Morgan fingerprint density at radius 3 is 2.36 bits per heavy atom. The molecular weight excluding hydrogens is 457 g/mol. The van der Waals surface area contributed by atoms with E-state index < -0.39 is 0 Å². The number of pyridine rings is 1. The van der Waals surface area contributed by atoms with Crippen molar-refractivity contribution in [3.8, 4) is 5.69 Å². The first-order valence-corrected chi connectivity index (χ1v) is 12.3. The highest BCUT2D eigenvalue weighted by Gasteiger charge is 2.25. The van der Waals surface area contributed by atoms with Gasteiger partial charge in [0.05, 0.1) is 17.1 Å². The quantitative estimate of drug-likeness (QED) is 0.429. The Hall–Kier alpha value is -3.94. The van der Waals surface area contributed by atoms with E-state index in [2.05, 4.69) is 0 Å². The van der Waals surface area contributed by atoms with Crippen molar-refractivity contribution in [2.45, 2.75) is 33.7 Å². The van der Waals surface area contributed by atoms with Gasteiger partial charge in [0.2, 0.25) is 5.91 Å². The van der Waals surface area contributed by atoms with Gasteiger partial charge in [0.25, 0.3) is 5.56 Å². The van der Waals surface area contributed by atoms with Gasteiger partial charge in [0, 0.05) is 37.6 Å². The first-order valence-electron chi connectivity index (χ1n) is 12.3. The Labute approximate surface area is 209 Å². The number of piperazine rings is 1. The van der Waals surface area contributed by atoms with Crippen LogP contribution >= 0.6 is 0 Å². The van der Waals surface area contributed by atoms with E-state index in [0.717, 1.165) is 27.9 Å². The zero-order valence-corrected chi connectivity index (χ0v) is 20.9. The largest absolute Gasteiger partial charge is 0.366 e. The minimum absolute atomic E-state index is 0.0734. The summed E-state index contributed by atoms with van der Waals surface area (Å²) < 4.78 is 17.5. The van der Waals surface area contributed by atoms with Gasteiger partial charge in [-0.05, 0) is 50.1 Å². The number of para-hydroxylation sites is 1. The van der Waals surface area contributed by atoms with Crippen molar-refractivity contribution in [1.29, 1.82) is 0 Å². The van der Waals surface area contributed by atoms with Crippen LogP contribution in [0.4, 0.5) is 10.1 Å². The topological polar surface area (TPSA) is 63.4 Å². The van der Waals surface area contributed by atoms with Crippen LogP contribution in [0, 0.1) is 19.7 Å². The number of aromatic nitrogens is 3. The molecule has 8 heteroatoms. The number of anilines is 1. The molecule has 1 amide bonds. The van der Waals surface area contributed by atoms with Gasteiger partial charge in [-0.25, -0.2) is 9.07 Å². The number of carbonyl (C=O) groups excluding carboxylic acids is 1. The molecule has 2 aromatic heterocycles. The summed E-state index contributed by atoms with van der Waals surface area (Å²) in [5.41, 5.74) is 4.68. The smallest absolute Gasteiger partial charge is 0.252 e. The number of fused-ring (bicyclic) bond motifs is 1. The Morgan fingerprint density at radius 1 is 1.00 bits per heavy atom. The van der Waals surface area contributed by atoms with E-state index >= 15 is 0 Å². The molecule has 5 rings (SSSR count). The monoisotopic (exact) mass is 487 g/mol. The number of aryl methyl sites for hydroxylation is 3. The number of benzene rings is 2. The number of hydrogen-bond donors (Lipinski definition) is 0. The molecule has 1 aliphatic heterocycles. The number of hydrogen-bond acceptors (Lipinski definition) is 4. The summed E-state index contributed by atoms with van der Waals surface area (Å²) in [6, 6.07) is 16.3. The van der Waals surface area contributed by atoms with Crippen molar-refractivity contribution in [2.24, 2.45) is 0 Å². The van der Waals surface area contributed by atoms with Crippen molar-refractivity contribution in [2.75, 3.05) is 31.1 Å². The summed E-state index contributed by atoms with van der Waals surface area (Å²) in [4.78, 5) is 30.3. The number of halogens is 1. The van der Waals surface area contributed by atoms with Gasteiger partial charge < -0.3 is 9.80 Å². The van der Waals surface area contributed by atoms with Gasteiger partial charge in [-0.15, -0.1) is 0 Å². The molecule has 0 bridgehead atoms. The minimum atomic E-state index is -0.262. The van der Waals surface area contributed by atoms with Crippen LogP contribution in [0.3, 0.4) is 0 Å². The molecular formula is C28H30FN5O2. The summed E-state index contributed by atoms with van der Waals surface area (Å²) in [6.45, 7) is 7.90. The minimum Gasteiger partial charge on any atom is -0.366 e. The van der Waals surface area contributed by atoms with Crippen LogP contribution in [0.5, 0.6) is 0 Å². The Morgan fingerprint density at radius 2 is 1.69 bits per heavy atom. The van der Waals surface area contributed by atoms with Crippen molar-refractivity contribution < 1.29 is 9.18 Å². The summed E-state index contributed by atoms with van der Waals surface area (Å²) in [5, 5.41) is 5.67. The fourth-order valence-corrected chi connectivity index (χ4v) is 4.98. The molecule has 1 aliphatic rings. The summed E-state index contributed by atoms with van der Waals surface area (Å²) >= 11 is 0. The van der Waals surface area contributed by atoms with Crippen molar-refractivity contribution in [3.63, 3.8) is 0 Å². The van der Waals surface area contributed by atoms with E-state index in [4.69, 9.17) is 5.10 Å². The van der Waals surface area contributed by atoms with Crippen molar-refractivity contribution in [3.05, 3.63) is 87.6 Å². The second-order valence-electron chi connectivity index (χ2n) is 9.30. The van der Waals surface area contributed by atoms with Crippen LogP contribution in [0.15, 0.2) is 59.4 Å². The summed E-state index contributed by atoms with van der Waals surface area (Å²) in [5.74, 6) is -0.396. The number of rotatable bonds is 5. The van der Waals surface area contributed by atoms with Crippen molar-refractivity contribution in [1.82, 2.24) is 19.2 Å². The molecule has 0 radical (unpaired) electrons. The van der Waals surface area contributed by atoms with Gasteiger partial charge in [-0.1, -0.05) is 36.8 Å². The van der Waals surface area contributed by atoms with Gasteiger partial charge in [0.1, 0.15) is 18.0 Å². The second-order valence-corrected chi connectivity index (χ2v) is 9.30. The van der Waals surface area contributed by atoms with E-state index in [1.165, 1.54) is 6.07 Å². The van der Waals surface area contributed by atoms with Crippen LogP contribution in [0.2, 0.25) is 0 Å². The molecule has 3 heterocycles. The molecule has 0 unspecified atom stereocenters. The normalized spacial score (nSPS) is 14.0. The SMILES string of the molecule is CCc1cc(=O)n(CC(=O)N2CCN(c3ccccc3F)CC2)c2c1c(C)nn2-c1ccc(C)cc1. The van der Waals surface area contributed by atoms with Crippen LogP contribution in [0.1, 0.15) is 23.7 Å². The first-order chi connectivity index (χ1) is 17.4. The van der Waals surface area contributed by atoms with Crippen LogP contribution in [-0.2, 0) is 17.8 Å². The van der Waals surface area contributed by atoms with Crippen LogP contribution < -0.4 is 10.5 Å². The Bertz CT molecular complexity index is 1480. The number of nitrogens with zero attached hydrogens (tertiary/aromatic N) is 5. The first kappa shape index (κ1) is 23.8. The second kappa shape index (κ2) is 9.60. The lowest BCUT2D eigenvalue weighted by molar-refractivity contribution is -0.132. The predicted molar refractivity (Wildman–Crippen MR) is 139 cm³/mol.